The Bertz CT molecular complexity index is 1490. The average molecular weight is 671 g/mol. The molecule has 2 N–H and O–H groups in total. The van der Waals surface area contributed by atoms with Crippen molar-refractivity contribution >= 4 is 0 Å². The normalized spacial score (nSPS) is 14.6. The van der Waals surface area contributed by atoms with E-state index in [2.05, 4.69) is 147 Å². The van der Waals surface area contributed by atoms with E-state index in [1.54, 1.807) is 0 Å². The zero-order valence-electron chi connectivity index (χ0n) is 30.8. The Morgan fingerprint density at radius 3 is 1.34 bits per heavy atom. The summed E-state index contributed by atoms with van der Waals surface area (Å²) in [6.45, 7) is 5.14. The molecular formula is C48H62O2. The maximum Gasteiger partial charge on any atom is 0.0431 e. The monoisotopic (exact) mass is 670 g/mol. The van der Waals surface area contributed by atoms with Gasteiger partial charge in [-0.05, 0) is 130 Å². The second kappa shape index (κ2) is 22.9. The van der Waals surface area contributed by atoms with Gasteiger partial charge in [0.25, 0.3) is 0 Å². The van der Waals surface area contributed by atoms with Crippen LogP contribution in [0.25, 0.3) is 0 Å². The number of allylic oxidation sites excluding steroid dienone is 4. The average Bonchev–Trinajstić information content (AvgIpc) is 3.17. The summed E-state index contributed by atoms with van der Waals surface area (Å²) in [4.78, 5) is 0. The smallest absolute Gasteiger partial charge is 0.0431 e. The first-order valence-electron chi connectivity index (χ1n) is 19.3. The molecule has 266 valence electrons. The van der Waals surface area contributed by atoms with Crippen molar-refractivity contribution in [1.29, 1.82) is 0 Å². The van der Waals surface area contributed by atoms with Crippen LogP contribution in [0.3, 0.4) is 0 Å². The van der Waals surface area contributed by atoms with Crippen molar-refractivity contribution < 1.29 is 10.2 Å². The van der Waals surface area contributed by atoms with Gasteiger partial charge in [-0.15, -0.1) is 0 Å². The molecule has 0 aromatic heterocycles. The van der Waals surface area contributed by atoms with E-state index >= 15 is 0 Å². The molecule has 0 bridgehead atoms. The molecule has 0 aliphatic rings. The van der Waals surface area contributed by atoms with Gasteiger partial charge in [0.1, 0.15) is 0 Å². The molecule has 0 aliphatic carbocycles. The van der Waals surface area contributed by atoms with Gasteiger partial charge in [-0.25, -0.2) is 0 Å². The predicted molar refractivity (Wildman–Crippen MR) is 214 cm³/mol. The summed E-state index contributed by atoms with van der Waals surface area (Å²) < 4.78 is 0. The van der Waals surface area contributed by atoms with Crippen LogP contribution in [0.4, 0.5) is 0 Å². The summed E-state index contributed by atoms with van der Waals surface area (Å²) in [6, 6.07) is 44.0. The van der Waals surface area contributed by atoms with Gasteiger partial charge < -0.3 is 10.2 Å². The summed E-state index contributed by atoms with van der Waals surface area (Å²) >= 11 is 0. The van der Waals surface area contributed by atoms with E-state index in [1.807, 2.05) is 0 Å². The highest BCUT2D eigenvalue weighted by atomic mass is 16.3. The molecule has 4 rings (SSSR count). The van der Waals surface area contributed by atoms with Crippen LogP contribution >= 0.6 is 0 Å². The molecule has 0 amide bonds. The van der Waals surface area contributed by atoms with Crippen LogP contribution in [0.15, 0.2) is 145 Å². The number of rotatable bonds is 23. The van der Waals surface area contributed by atoms with Crippen LogP contribution < -0.4 is 0 Å². The molecule has 4 atom stereocenters. The second-order valence-corrected chi connectivity index (χ2v) is 14.4. The van der Waals surface area contributed by atoms with Crippen molar-refractivity contribution in [2.75, 3.05) is 13.2 Å². The van der Waals surface area contributed by atoms with E-state index in [9.17, 15) is 10.2 Å². The van der Waals surface area contributed by atoms with Gasteiger partial charge in [-0.2, -0.15) is 0 Å². The van der Waals surface area contributed by atoms with Crippen molar-refractivity contribution in [3.63, 3.8) is 0 Å². The van der Waals surface area contributed by atoms with Crippen LogP contribution in [0.2, 0.25) is 0 Å². The molecular weight excluding hydrogens is 609 g/mol. The lowest BCUT2D eigenvalue weighted by Crippen LogP contribution is -2.08. The van der Waals surface area contributed by atoms with Crippen LogP contribution in [-0.2, 0) is 0 Å². The molecule has 4 aromatic carbocycles. The lowest BCUT2D eigenvalue weighted by molar-refractivity contribution is 0.276. The Balaban J connectivity index is 1.36. The number of aliphatic hydroxyl groups excluding tert-OH is 2. The summed E-state index contributed by atoms with van der Waals surface area (Å²) in [5.74, 6) is 1.90. The Kier molecular flexibility index (Phi) is 17.9. The van der Waals surface area contributed by atoms with Crippen molar-refractivity contribution in [2.24, 2.45) is 0 Å². The quantitative estimate of drug-likeness (QED) is 0.0609. The molecule has 0 saturated carbocycles. The van der Waals surface area contributed by atoms with Crippen LogP contribution in [-0.4, -0.2) is 23.4 Å². The van der Waals surface area contributed by atoms with E-state index in [0.717, 1.165) is 77.0 Å². The largest absolute Gasteiger partial charge is 0.396 e. The first kappa shape index (κ1) is 39.1. The predicted octanol–water partition coefficient (Wildman–Crippen LogP) is 12.7. The minimum atomic E-state index is 0.252. The van der Waals surface area contributed by atoms with Crippen molar-refractivity contribution in [1.82, 2.24) is 0 Å². The third-order valence-electron chi connectivity index (χ3n) is 10.6. The molecule has 0 fully saturated rings. The third kappa shape index (κ3) is 13.9. The Labute approximate surface area is 304 Å². The number of benzene rings is 4. The highest BCUT2D eigenvalue weighted by molar-refractivity contribution is 5.26. The second-order valence-electron chi connectivity index (χ2n) is 14.4. The van der Waals surface area contributed by atoms with E-state index in [1.165, 1.54) is 33.4 Å². The minimum absolute atomic E-state index is 0.252. The molecule has 2 heteroatoms. The fourth-order valence-corrected chi connectivity index (χ4v) is 7.55. The summed E-state index contributed by atoms with van der Waals surface area (Å²) in [6.07, 6.45) is 17.6. The highest BCUT2D eigenvalue weighted by Crippen LogP contribution is 2.38. The number of unbranched alkanes of at least 4 members (excludes halogenated alkanes) is 1. The van der Waals surface area contributed by atoms with Gasteiger partial charge in [-0.3, -0.25) is 0 Å². The minimum Gasteiger partial charge on any atom is -0.396 e. The Hall–Kier alpha value is -3.72. The van der Waals surface area contributed by atoms with E-state index in [-0.39, 0.29) is 13.2 Å². The lowest BCUT2D eigenvalue weighted by Gasteiger charge is -2.25. The Morgan fingerprint density at radius 1 is 0.460 bits per heavy atom. The Morgan fingerprint density at radius 2 is 0.860 bits per heavy atom. The first-order chi connectivity index (χ1) is 24.6. The van der Waals surface area contributed by atoms with Crippen LogP contribution in [0.1, 0.15) is 137 Å². The van der Waals surface area contributed by atoms with Crippen LogP contribution in [0.5, 0.6) is 0 Å². The van der Waals surface area contributed by atoms with Gasteiger partial charge in [-0.1, -0.05) is 151 Å². The zero-order valence-corrected chi connectivity index (χ0v) is 30.8. The molecule has 50 heavy (non-hydrogen) atoms. The molecule has 0 spiro atoms. The van der Waals surface area contributed by atoms with Gasteiger partial charge in [0.05, 0.1) is 0 Å². The molecule has 0 heterocycles. The van der Waals surface area contributed by atoms with Gasteiger partial charge in [0.2, 0.25) is 0 Å². The molecule has 0 saturated heterocycles. The highest BCUT2D eigenvalue weighted by Gasteiger charge is 2.21. The third-order valence-corrected chi connectivity index (χ3v) is 10.6. The molecule has 0 aliphatic heterocycles. The van der Waals surface area contributed by atoms with Crippen LogP contribution in [0, 0.1) is 0 Å². The molecule has 0 radical (unpaired) electrons. The van der Waals surface area contributed by atoms with Crippen molar-refractivity contribution in [3.05, 3.63) is 167 Å². The topological polar surface area (TPSA) is 40.5 Å². The van der Waals surface area contributed by atoms with Gasteiger partial charge in [0.15, 0.2) is 0 Å². The molecule has 4 unspecified atom stereocenters. The fourth-order valence-electron chi connectivity index (χ4n) is 7.55. The summed E-state index contributed by atoms with van der Waals surface area (Å²) in [7, 11) is 0. The van der Waals surface area contributed by atoms with E-state index in [0.29, 0.717) is 23.7 Å². The maximum absolute atomic E-state index is 9.62. The standard InChI is InChI=1S/C48H62O2/c1-39(31-33-47(43-25-11-5-12-26-43)37-45(29-15-16-35-49)41-21-7-3-8-22-41)19-17-20-40(2)32-34-48(44-27-13-6-14-28-44)38-46(30-18-36-50)42-23-9-4-10-24-42/h3-14,20-28,31,45-50H,15-19,29-30,32-38H2,1-2H3/b39-31+,40-20+. The van der Waals surface area contributed by atoms with Gasteiger partial charge >= 0.3 is 0 Å². The van der Waals surface area contributed by atoms with Gasteiger partial charge in [0, 0.05) is 13.2 Å². The zero-order chi connectivity index (χ0) is 35.2. The number of aliphatic hydroxyl groups is 2. The SMILES string of the molecule is C/C(=C\CC(CC(CCCCO)c1ccccc1)c1ccccc1)CC/C=C(\C)CCC(CC(CCCO)c1ccccc1)c1ccccc1. The first-order valence-corrected chi connectivity index (χ1v) is 19.3. The lowest BCUT2D eigenvalue weighted by atomic mass is 9.80. The summed E-state index contributed by atoms with van der Waals surface area (Å²) in [5.41, 5.74) is 8.63. The molecule has 2 nitrogen and oxygen atoms in total. The van der Waals surface area contributed by atoms with E-state index in [4.69, 9.17) is 0 Å². The number of hydrogen-bond donors (Lipinski definition) is 2. The number of hydrogen-bond acceptors (Lipinski definition) is 2. The van der Waals surface area contributed by atoms with Crippen molar-refractivity contribution in [3.8, 4) is 0 Å². The van der Waals surface area contributed by atoms with E-state index < -0.39 is 0 Å². The summed E-state index contributed by atoms with van der Waals surface area (Å²) in [5, 5.41) is 19.1. The molecule has 4 aromatic rings. The fraction of sp³-hybridized carbons (Fsp3) is 0.417. The van der Waals surface area contributed by atoms with Crippen molar-refractivity contribution in [2.45, 2.75) is 115 Å². The maximum atomic E-state index is 9.62.